The Morgan fingerprint density at radius 2 is 1.88 bits per heavy atom. The Hall–Kier alpha value is -0.900. The minimum Gasteiger partial charge on any atom is -0.377 e. The first kappa shape index (κ1) is 10.3. The van der Waals surface area contributed by atoms with Gasteiger partial charge in [0.25, 0.3) is 0 Å². The first-order valence-corrected chi connectivity index (χ1v) is 6.14. The van der Waals surface area contributed by atoms with Crippen molar-refractivity contribution in [3.63, 3.8) is 0 Å². The summed E-state index contributed by atoms with van der Waals surface area (Å²) in [7, 11) is 0. The molecule has 1 aliphatic heterocycles. The van der Waals surface area contributed by atoms with Gasteiger partial charge in [-0.15, -0.1) is 0 Å². The molecular weight excluding hydrogens is 200 g/mol. The Morgan fingerprint density at radius 1 is 1.06 bits per heavy atom. The van der Waals surface area contributed by atoms with Crippen LogP contribution in [0.5, 0.6) is 0 Å². The molecule has 0 radical (unpaired) electrons. The summed E-state index contributed by atoms with van der Waals surface area (Å²) in [6.07, 6.45) is 5.42. The van der Waals surface area contributed by atoms with Gasteiger partial charge in [0.15, 0.2) is 0 Å². The van der Waals surface area contributed by atoms with E-state index in [1.807, 2.05) is 0 Å². The largest absolute Gasteiger partial charge is 0.377 e. The van der Waals surface area contributed by atoms with Gasteiger partial charge in [-0.05, 0) is 42.4 Å². The number of aliphatic hydroxyl groups excluding tert-OH is 1. The number of hydrogen-bond donors (Lipinski definition) is 3. The minimum absolute atomic E-state index is 0.252. The van der Waals surface area contributed by atoms with E-state index in [0.29, 0.717) is 0 Å². The average Bonchev–Trinajstić information content (AvgIpc) is 2.75. The van der Waals surface area contributed by atoms with Crippen LogP contribution in [0.15, 0.2) is 18.2 Å². The van der Waals surface area contributed by atoms with Crippen LogP contribution in [0.1, 0.15) is 42.0 Å². The van der Waals surface area contributed by atoms with E-state index in [1.165, 1.54) is 42.4 Å². The highest BCUT2D eigenvalue weighted by atomic mass is 16.3. The number of fused-ring (bicyclic) bond motifs is 1. The zero-order chi connectivity index (χ0) is 11.0. The van der Waals surface area contributed by atoms with Crippen LogP contribution in [-0.4, -0.2) is 11.3 Å². The molecule has 1 heterocycles. The SMILES string of the molecule is OC1CC(c2ccc3c(c2)CCCC3)NN1. The number of nitrogens with one attached hydrogen (secondary N) is 2. The van der Waals surface area contributed by atoms with Crippen LogP contribution in [-0.2, 0) is 12.8 Å². The highest BCUT2D eigenvalue weighted by molar-refractivity contribution is 5.35. The van der Waals surface area contributed by atoms with Gasteiger partial charge in [0.05, 0.1) is 6.04 Å². The summed E-state index contributed by atoms with van der Waals surface area (Å²) >= 11 is 0. The molecular formula is C13H18N2O. The lowest BCUT2D eigenvalue weighted by atomic mass is 9.89. The third kappa shape index (κ3) is 1.86. The van der Waals surface area contributed by atoms with E-state index in [4.69, 9.17) is 0 Å². The molecule has 0 saturated carbocycles. The summed E-state index contributed by atoms with van der Waals surface area (Å²) in [5.41, 5.74) is 10.3. The zero-order valence-corrected chi connectivity index (χ0v) is 9.37. The summed E-state index contributed by atoms with van der Waals surface area (Å²) in [6.45, 7) is 0. The molecule has 3 heteroatoms. The molecule has 3 nitrogen and oxygen atoms in total. The zero-order valence-electron chi connectivity index (χ0n) is 9.37. The highest BCUT2D eigenvalue weighted by Gasteiger charge is 2.23. The Kier molecular flexibility index (Phi) is 2.67. The Bertz CT molecular complexity index is 392. The standard InChI is InChI=1S/C13H18N2O/c16-13-8-12(14-15-13)11-6-5-9-3-1-2-4-10(9)7-11/h5-7,12-16H,1-4,8H2. The van der Waals surface area contributed by atoms with Crippen LogP contribution in [0, 0.1) is 0 Å². The van der Waals surface area contributed by atoms with Gasteiger partial charge in [0.1, 0.15) is 6.23 Å². The lowest BCUT2D eigenvalue weighted by molar-refractivity contribution is 0.153. The van der Waals surface area contributed by atoms with Gasteiger partial charge in [-0.2, -0.15) is 0 Å². The van der Waals surface area contributed by atoms with Crippen molar-refractivity contribution in [1.82, 2.24) is 10.9 Å². The first-order valence-electron chi connectivity index (χ1n) is 6.14. The fourth-order valence-corrected chi connectivity index (χ4v) is 2.73. The molecule has 3 N–H and O–H groups in total. The normalized spacial score (nSPS) is 29.1. The topological polar surface area (TPSA) is 44.3 Å². The van der Waals surface area contributed by atoms with Gasteiger partial charge in [-0.3, -0.25) is 0 Å². The van der Waals surface area contributed by atoms with E-state index in [2.05, 4.69) is 29.1 Å². The molecule has 1 aromatic rings. The van der Waals surface area contributed by atoms with Gasteiger partial charge in [0.2, 0.25) is 0 Å². The molecule has 2 unspecified atom stereocenters. The molecule has 0 bridgehead atoms. The average molecular weight is 218 g/mol. The van der Waals surface area contributed by atoms with Gasteiger partial charge in [-0.1, -0.05) is 18.2 Å². The Labute approximate surface area is 95.8 Å². The molecule has 1 aliphatic carbocycles. The molecule has 16 heavy (non-hydrogen) atoms. The van der Waals surface area contributed by atoms with Crippen molar-refractivity contribution in [3.8, 4) is 0 Å². The Balaban J connectivity index is 1.85. The molecule has 0 amide bonds. The number of rotatable bonds is 1. The number of aryl methyl sites for hydroxylation is 2. The van der Waals surface area contributed by atoms with E-state index in [0.717, 1.165) is 6.42 Å². The number of hydrazine groups is 1. The molecule has 1 fully saturated rings. The van der Waals surface area contributed by atoms with Crippen molar-refractivity contribution < 1.29 is 5.11 Å². The number of hydrogen-bond acceptors (Lipinski definition) is 3. The van der Waals surface area contributed by atoms with Gasteiger partial charge < -0.3 is 5.11 Å². The predicted molar refractivity (Wildman–Crippen MR) is 62.7 cm³/mol. The van der Waals surface area contributed by atoms with Crippen LogP contribution in [0.4, 0.5) is 0 Å². The lowest BCUT2D eigenvalue weighted by Gasteiger charge is -2.18. The van der Waals surface area contributed by atoms with Crippen LogP contribution < -0.4 is 10.9 Å². The van der Waals surface area contributed by atoms with Crippen molar-refractivity contribution in [2.24, 2.45) is 0 Å². The summed E-state index contributed by atoms with van der Waals surface area (Å²) in [5, 5.41) is 9.43. The molecule has 1 saturated heterocycles. The maximum Gasteiger partial charge on any atom is 0.119 e. The summed E-state index contributed by atoms with van der Waals surface area (Å²) in [5.74, 6) is 0. The van der Waals surface area contributed by atoms with Crippen molar-refractivity contribution in [3.05, 3.63) is 34.9 Å². The predicted octanol–water partition coefficient (Wildman–Crippen LogP) is 1.42. The highest BCUT2D eigenvalue weighted by Crippen LogP contribution is 2.27. The van der Waals surface area contributed by atoms with E-state index >= 15 is 0 Å². The second kappa shape index (κ2) is 4.17. The van der Waals surface area contributed by atoms with Gasteiger partial charge in [-0.25, -0.2) is 10.9 Å². The fraction of sp³-hybridized carbons (Fsp3) is 0.538. The summed E-state index contributed by atoms with van der Waals surface area (Å²) in [6, 6.07) is 7.02. The second-order valence-electron chi connectivity index (χ2n) is 4.83. The fourth-order valence-electron chi connectivity index (χ4n) is 2.73. The molecule has 86 valence electrons. The van der Waals surface area contributed by atoms with E-state index in [-0.39, 0.29) is 6.04 Å². The molecule has 0 spiro atoms. The smallest absolute Gasteiger partial charge is 0.119 e. The van der Waals surface area contributed by atoms with Crippen LogP contribution in [0.25, 0.3) is 0 Å². The van der Waals surface area contributed by atoms with E-state index in [9.17, 15) is 5.11 Å². The number of aliphatic hydroxyl groups is 1. The van der Waals surface area contributed by atoms with Crippen molar-refractivity contribution in [1.29, 1.82) is 0 Å². The van der Waals surface area contributed by atoms with Crippen molar-refractivity contribution >= 4 is 0 Å². The lowest BCUT2D eigenvalue weighted by Crippen LogP contribution is -2.30. The number of benzene rings is 1. The quantitative estimate of drug-likeness (QED) is 0.668. The second-order valence-corrected chi connectivity index (χ2v) is 4.83. The van der Waals surface area contributed by atoms with Crippen molar-refractivity contribution in [2.45, 2.75) is 44.4 Å². The minimum atomic E-state index is -0.416. The van der Waals surface area contributed by atoms with E-state index in [1.54, 1.807) is 0 Å². The molecule has 0 aromatic heterocycles. The third-order valence-electron chi connectivity index (χ3n) is 3.66. The van der Waals surface area contributed by atoms with E-state index < -0.39 is 6.23 Å². The van der Waals surface area contributed by atoms with Crippen LogP contribution >= 0.6 is 0 Å². The third-order valence-corrected chi connectivity index (χ3v) is 3.66. The molecule has 1 aromatic carbocycles. The Morgan fingerprint density at radius 3 is 2.62 bits per heavy atom. The molecule has 2 atom stereocenters. The molecule has 2 aliphatic rings. The molecule has 3 rings (SSSR count). The van der Waals surface area contributed by atoms with Gasteiger partial charge >= 0.3 is 0 Å². The monoisotopic (exact) mass is 218 g/mol. The summed E-state index contributed by atoms with van der Waals surface area (Å²) in [4.78, 5) is 0. The van der Waals surface area contributed by atoms with Crippen LogP contribution in [0.2, 0.25) is 0 Å². The maximum absolute atomic E-state index is 9.43. The maximum atomic E-state index is 9.43. The van der Waals surface area contributed by atoms with Gasteiger partial charge in [0, 0.05) is 6.42 Å². The van der Waals surface area contributed by atoms with Crippen molar-refractivity contribution in [2.75, 3.05) is 0 Å². The summed E-state index contributed by atoms with van der Waals surface area (Å²) < 4.78 is 0. The first-order chi connectivity index (χ1) is 7.83. The van der Waals surface area contributed by atoms with Crippen LogP contribution in [0.3, 0.4) is 0 Å².